The molecular formula is C20H23NO2. The predicted molar refractivity (Wildman–Crippen MR) is 92.2 cm³/mol. The first-order chi connectivity index (χ1) is 11.3. The Kier molecular flexibility index (Phi) is 5.09. The maximum Gasteiger partial charge on any atom is 0.171 e. The Balaban J connectivity index is 1.85. The molecule has 2 aromatic rings. The predicted octanol–water partition coefficient (Wildman–Crippen LogP) is 3.76. The van der Waals surface area contributed by atoms with Crippen molar-refractivity contribution in [3.05, 3.63) is 65.7 Å². The third-order valence-corrected chi connectivity index (χ3v) is 4.53. The molecule has 1 atom stereocenters. The van der Waals surface area contributed by atoms with Crippen LogP contribution in [0.5, 0.6) is 5.75 Å². The number of likely N-dealkylation sites (tertiary alicyclic amines) is 1. The third kappa shape index (κ3) is 3.80. The van der Waals surface area contributed by atoms with Crippen molar-refractivity contribution in [2.75, 3.05) is 26.7 Å². The molecular weight excluding hydrogens is 286 g/mol. The summed E-state index contributed by atoms with van der Waals surface area (Å²) in [5.74, 6) is 0.853. The van der Waals surface area contributed by atoms with E-state index >= 15 is 0 Å². The Morgan fingerprint density at radius 1 is 1.04 bits per heavy atom. The second-order valence-corrected chi connectivity index (χ2v) is 6.06. The van der Waals surface area contributed by atoms with E-state index in [4.69, 9.17) is 4.74 Å². The zero-order chi connectivity index (χ0) is 16.1. The molecule has 120 valence electrons. The number of Topliss-reactive ketones (excluding diaryl/α,β-unsaturated/α-hetero) is 1. The molecule has 0 radical (unpaired) electrons. The van der Waals surface area contributed by atoms with Crippen LogP contribution in [0.25, 0.3) is 0 Å². The summed E-state index contributed by atoms with van der Waals surface area (Å²) < 4.78 is 5.18. The number of hydrogen-bond acceptors (Lipinski definition) is 3. The van der Waals surface area contributed by atoms with Crippen LogP contribution in [-0.2, 0) is 0 Å². The Labute approximate surface area is 137 Å². The van der Waals surface area contributed by atoms with E-state index in [0.29, 0.717) is 0 Å². The Morgan fingerprint density at radius 3 is 2.30 bits per heavy atom. The van der Waals surface area contributed by atoms with Gasteiger partial charge in [0.05, 0.1) is 13.0 Å². The first kappa shape index (κ1) is 15.8. The van der Waals surface area contributed by atoms with Gasteiger partial charge in [0.2, 0.25) is 0 Å². The highest BCUT2D eigenvalue weighted by molar-refractivity contribution is 6.01. The minimum absolute atomic E-state index is 0.109. The summed E-state index contributed by atoms with van der Waals surface area (Å²) in [6.45, 7) is 2.99. The van der Waals surface area contributed by atoms with E-state index in [1.54, 1.807) is 7.11 Å². The molecule has 3 nitrogen and oxygen atoms in total. The Morgan fingerprint density at radius 2 is 1.70 bits per heavy atom. The average molecular weight is 309 g/mol. The van der Waals surface area contributed by atoms with Gasteiger partial charge in [-0.15, -0.1) is 0 Å². The van der Waals surface area contributed by atoms with Crippen LogP contribution >= 0.6 is 0 Å². The van der Waals surface area contributed by atoms with Crippen molar-refractivity contribution in [1.82, 2.24) is 4.90 Å². The molecule has 1 heterocycles. The SMILES string of the molecule is COc1ccc(C(=O)[C@H](CN2CCCC2)c2ccccc2)cc1. The van der Waals surface area contributed by atoms with Gasteiger partial charge in [0.25, 0.3) is 0 Å². The van der Waals surface area contributed by atoms with Crippen molar-refractivity contribution in [2.45, 2.75) is 18.8 Å². The van der Waals surface area contributed by atoms with E-state index < -0.39 is 0 Å². The summed E-state index contributed by atoms with van der Waals surface area (Å²) in [7, 11) is 1.64. The smallest absolute Gasteiger partial charge is 0.171 e. The van der Waals surface area contributed by atoms with Crippen LogP contribution in [0.4, 0.5) is 0 Å². The fourth-order valence-corrected chi connectivity index (χ4v) is 3.20. The lowest BCUT2D eigenvalue weighted by Crippen LogP contribution is -2.30. The fraction of sp³-hybridized carbons (Fsp3) is 0.350. The minimum Gasteiger partial charge on any atom is -0.497 e. The van der Waals surface area contributed by atoms with Crippen LogP contribution in [0, 0.1) is 0 Å². The summed E-state index contributed by atoms with van der Waals surface area (Å²) in [4.78, 5) is 15.5. The zero-order valence-corrected chi connectivity index (χ0v) is 13.6. The number of benzene rings is 2. The highest BCUT2D eigenvalue weighted by Gasteiger charge is 2.25. The maximum absolute atomic E-state index is 13.1. The van der Waals surface area contributed by atoms with Crippen molar-refractivity contribution in [3.63, 3.8) is 0 Å². The number of methoxy groups -OCH3 is 1. The van der Waals surface area contributed by atoms with Crippen LogP contribution in [0.2, 0.25) is 0 Å². The molecule has 3 rings (SSSR count). The molecule has 0 N–H and O–H groups in total. The molecule has 0 aliphatic carbocycles. The molecule has 1 saturated heterocycles. The number of ketones is 1. The van der Waals surface area contributed by atoms with Crippen molar-refractivity contribution >= 4 is 5.78 Å². The van der Waals surface area contributed by atoms with Gasteiger partial charge in [-0.05, 0) is 55.8 Å². The van der Waals surface area contributed by atoms with Crippen molar-refractivity contribution in [1.29, 1.82) is 0 Å². The molecule has 1 aliphatic rings. The van der Waals surface area contributed by atoms with E-state index in [9.17, 15) is 4.79 Å². The quantitative estimate of drug-likeness (QED) is 0.761. The lowest BCUT2D eigenvalue weighted by atomic mass is 9.90. The van der Waals surface area contributed by atoms with Crippen LogP contribution < -0.4 is 4.74 Å². The van der Waals surface area contributed by atoms with Crippen LogP contribution in [0.15, 0.2) is 54.6 Å². The number of rotatable bonds is 6. The fourth-order valence-electron chi connectivity index (χ4n) is 3.20. The van der Waals surface area contributed by atoms with Gasteiger partial charge in [0.1, 0.15) is 5.75 Å². The Bertz CT molecular complexity index is 630. The molecule has 1 aliphatic heterocycles. The van der Waals surface area contributed by atoms with Gasteiger partial charge in [-0.1, -0.05) is 30.3 Å². The van der Waals surface area contributed by atoms with Gasteiger partial charge >= 0.3 is 0 Å². The van der Waals surface area contributed by atoms with Gasteiger partial charge in [-0.25, -0.2) is 0 Å². The summed E-state index contributed by atoms with van der Waals surface area (Å²) in [5, 5.41) is 0. The van der Waals surface area contributed by atoms with Crippen LogP contribution in [0.3, 0.4) is 0 Å². The van der Waals surface area contributed by atoms with Gasteiger partial charge in [0, 0.05) is 12.1 Å². The lowest BCUT2D eigenvalue weighted by molar-refractivity contribution is 0.0939. The van der Waals surface area contributed by atoms with Crippen molar-refractivity contribution < 1.29 is 9.53 Å². The maximum atomic E-state index is 13.1. The van der Waals surface area contributed by atoms with Gasteiger partial charge in [-0.2, -0.15) is 0 Å². The van der Waals surface area contributed by atoms with Crippen LogP contribution in [0.1, 0.15) is 34.7 Å². The largest absolute Gasteiger partial charge is 0.497 e. The topological polar surface area (TPSA) is 29.5 Å². The molecule has 0 unspecified atom stereocenters. The molecule has 3 heteroatoms. The number of carbonyl (C=O) groups is 1. The molecule has 1 fully saturated rings. The summed E-state index contributed by atoms with van der Waals surface area (Å²) in [6.07, 6.45) is 2.47. The zero-order valence-electron chi connectivity index (χ0n) is 13.6. The molecule has 0 spiro atoms. The van der Waals surface area contributed by atoms with Gasteiger partial charge in [0.15, 0.2) is 5.78 Å². The van der Waals surface area contributed by atoms with Crippen LogP contribution in [-0.4, -0.2) is 37.4 Å². The number of carbonyl (C=O) groups excluding carboxylic acids is 1. The van der Waals surface area contributed by atoms with E-state index in [1.807, 2.05) is 42.5 Å². The minimum atomic E-state index is -0.109. The lowest BCUT2D eigenvalue weighted by Gasteiger charge is -2.23. The second kappa shape index (κ2) is 7.42. The average Bonchev–Trinajstić information content (AvgIpc) is 3.13. The number of hydrogen-bond donors (Lipinski definition) is 0. The molecule has 23 heavy (non-hydrogen) atoms. The molecule has 0 bridgehead atoms. The summed E-state index contributed by atoms with van der Waals surface area (Å²) >= 11 is 0. The van der Waals surface area contributed by atoms with Gasteiger partial charge in [-0.3, -0.25) is 4.79 Å². The van der Waals surface area contributed by atoms with Crippen molar-refractivity contribution in [3.8, 4) is 5.75 Å². The first-order valence-corrected chi connectivity index (χ1v) is 8.23. The highest BCUT2D eigenvalue weighted by atomic mass is 16.5. The monoisotopic (exact) mass is 309 g/mol. The van der Waals surface area contributed by atoms with E-state index in [2.05, 4.69) is 17.0 Å². The number of nitrogens with zero attached hydrogens (tertiary/aromatic N) is 1. The molecule has 0 amide bonds. The standard InChI is InChI=1S/C20H23NO2/c1-23-18-11-9-17(10-12-18)20(22)19(15-21-13-5-6-14-21)16-7-3-2-4-8-16/h2-4,7-12,19H,5-6,13-15H2,1H3/t19-/m1/s1. The molecule has 0 saturated carbocycles. The molecule has 2 aromatic carbocycles. The highest BCUT2D eigenvalue weighted by Crippen LogP contribution is 2.25. The second-order valence-electron chi connectivity index (χ2n) is 6.06. The van der Waals surface area contributed by atoms with Crippen molar-refractivity contribution in [2.24, 2.45) is 0 Å². The van der Waals surface area contributed by atoms with E-state index in [-0.39, 0.29) is 11.7 Å². The summed E-state index contributed by atoms with van der Waals surface area (Å²) in [5.41, 5.74) is 1.85. The first-order valence-electron chi connectivity index (χ1n) is 8.23. The number of ether oxygens (including phenoxy) is 1. The van der Waals surface area contributed by atoms with E-state index in [0.717, 1.165) is 36.5 Å². The normalized spacial score (nSPS) is 16.2. The van der Waals surface area contributed by atoms with E-state index in [1.165, 1.54) is 12.8 Å². The third-order valence-electron chi connectivity index (χ3n) is 4.53. The summed E-state index contributed by atoms with van der Waals surface area (Å²) in [6, 6.07) is 17.6. The Hall–Kier alpha value is -2.13. The van der Waals surface area contributed by atoms with Gasteiger partial charge < -0.3 is 9.64 Å². The molecule has 0 aromatic heterocycles.